The summed E-state index contributed by atoms with van der Waals surface area (Å²) < 4.78 is 12.7. The lowest BCUT2D eigenvalue weighted by molar-refractivity contribution is -0.142. The highest BCUT2D eigenvalue weighted by Gasteiger charge is 2.17. The van der Waals surface area contributed by atoms with Gasteiger partial charge in [-0.2, -0.15) is 5.26 Å². The third-order valence-electron chi connectivity index (χ3n) is 5.23. The maximum absolute atomic E-state index is 12.7. The number of nitriles is 1. The summed E-state index contributed by atoms with van der Waals surface area (Å²) in [4.78, 5) is 24.9. The molecule has 0 fully saturated rings. The molecule has 0 radical (unpaired) electrons. The van der Waals surface area contributed by atoms with Gasteiger partial charge in [0.25, 0.3) is 0 Å². The van der Waals surface area contributed by atoms with E-state index in [1.807, 2.05) is 60.0 Å². The molecule has 2 aromatic heterocycles. The number of carbonyl (C=O) groups excluding carboxylic acids is 2. The van der Waals surface area contributed by atoms with Gasteiger partial charge in [-0.1, -0.05) is 35.9 Å². The Morgan fingerprint density at radius 1 is 1.12 bits per heavy atom. The Kier molecular flexibility index (Phi) is 6.60. The van der Waals surface area contributed by atoms with Gasteiger partial charge in [0, 0.05) is 41.2 Å². The van der Waals surface area contributed by atoms with E-state index in [-0.39, 0.29) is 25.2 Å². The molecular weight excluding hydrogens is 420 g/mol. The molecule has 0 bridgehead atoms. The lowest BCUT2D eigenvalue weighted by Crippen LogP contribution is -2.14. The van der Waals surface area contributed by atoms with Gasteiger partial charge in [-0.05, 0) is 25.1 Å². The fraction of sp³-hybridized carbons (Fsp3) is 0.240. The van der Waals surface area contributed by atoms with E-state index in [2.05, 4.69) is 16.3 Å². The van der Waals surface area contributed by atoms with E-state index in [4.69, 9.17) is 14.4 Å². The van der Waals surface area contributed by atoms with Gasteiger partial charge < -0.3 is 13.7 Å². The van der Waals surface area contributed by atoms with Gasteiger partial charge in [-0.25, -0.2) is 0 Å². The number of aromatic nitrogens is 3. The Hall–Kier alpha value is -4.25. The molecule has 0 saturated carbocycles. The van der Waals surface area contributed by atoms with Crippen molar-refractivity contribution in [3.8, 4) is 17.5 Å². The van der Waals surface area contributed by atoms with E-state index in [0.717, 1.165) is 22.0 Å². The number of benzene rings is 2. The number of hydrogen-bond donors (Lipinski definition) is 0. The van der Waals surface area contributed by atoms with Crippen molar-refractivity contribution in [2.45, 2.75) is 32.7 Å². The molecule has 166 valence electrons. The number of carbonyl (C=O) groups is 2. The molecule has 8 nitrogen and oxygen atoms in total. The Morgan fingerprint density at radius 3 is 2.70 bits per heavy atom. The molecule has 0 N–H and O–H groups in total. The molecule has 0 aliphatic rings. The first-order valence-corrected chi connectivity index (χ1v) is 10.6. The summed E-state index contributed by atoms with van der Waals surface area (Å²) >= 11 is 0. The largest absolute Gasteiger partial charge is 0.457 e. The summed E-state index contributed by atoms with van der Waals surface area (Å²) in [7, 11) is 0. The van der Waals surface area contributed by atoms with E-state index >= 15 is 0 Å². The maximum atomic E-state index is 12.7. The van der Waals surface area contributed by atoms with Gasteiger partial charge in [-0.3, -0.25) is 9.59 Å². The molecule has 0 saturated heterocycles. The number of hydrogen-bond acceptors (Lipinski definition) is 7. The third-order valence-corrected chi connectivity index (χ3v) is 5.23. The molecule has 8 heteroatoms. The van der Waals surface area contributed by atoms with Crippen LogP contribution in [0, 0.1) is 18.3 Å². The predicted molar refractivity (Wildman–Crippen MR) is 120 cm³/mol. The molecule has 0 spiro atoms. The number of nitrogens with zero attached hydrogens (tertiary/aromatic N) is 4. The minimum atomic E-state index is -0.522. The topological polar surface area (TPSA) is 111 Å². The van der Waals surface area contributed by atoms with Gasteiger partial charge in [0.05, 0.1) is 18.9 Å². The van der Waals surface area contributed by atoms with E-state index in [1.165, 1.54) is 0 Å². The van der Waals surface area contributed by atoms with Crippen molar-refractivity contribution in [1.82, 2.24) is 14.8 Å². The highest BCUT2D eigenvalue weighted by Crippen LogP contribution is 2.22. The molecule has 2 heterocycles. The lowest BCUT2D eigenvalue weighted by atomic mass is 10.1. The molecule has 0 aliphatic carbocycles. The number of ether oxygens (including phenoxy) is 1. The summed E-state index contributed by atoms with van der Waals surface area (Å²) in [6, 6.07) is 17.3. The van der Waals surface area contributed by atoms with Gasteiger partial charge >= 0.3 is 5.97 Å². The summed E-state index contributed by atoms with van der Waals surface area (Å²) in [5, 5.41) is 17.6. The Labute approximate surface area is 190 Å². The SMILES string of the molecule is Cc1ccc(-c2nnc(CCC(=O)OCC(=O)c3cn(CCC#N)c4ccccc34)o2)cc1. The monoisotopic (exact) mass is 442 g/mol. The summed E-state index contributed by atoms with van der Waals surface area (Å²) in [6.07, 6.45) is 2.29. The van der Waals surface area contributed by atoms with Gasteiger partial charge in [0.2, 0.25) is 17.6 Å². The molecule has 0 aliphatic heterocycles. The zero-order valence-corrected chi connectivity index (χ0v) is 18.2. The second-order valence-corrected chi connectivity index (χ2v) is 7.61. The standard InChI is InChI=1S/C25H22N4O4/c1-17-7-9-18(10-8-17)25-28-27-23(33-25)11-12-24(31)32-16-22(30)20-15-29(14-4-13-26)21-6-3-2-5-19(20)21/h2-3,5-10,15H,4,11-12,14,16H2,1H3. The van der Waals surface area contributed by atoms with Gasteiger partial charge in [-0.15, -0.1) is 10.2 Å². The van der Waals surface area contributed by atoms with E-state index in [0.29, 0.717) is 30.3 Å². The van der Waals surface area contributed by atoms with Crippen LogP contribution in [0.2, 0.25) is 0 Å². The van der Waals surface area contributed by atoms with Crippen molar-refractivity contribution in [2.75, 3.05) is 6.61 Å². The highest BCUT2D eigenvalue weighted by atomic mass is 16.5. The van der Waals surface area contributed by atoms with Crippen LogP contribution in [0.1, 0.15) is 34.7 Å². The first-order valence-electron chi connectivity index (χ1n) is 10.6. The predicted octanol–water partition coefficient (Wildman–Crippen LogP) is 4.27. The zero-order valence-electron chi connectivity index (χ0n) is 18.2. The smallest absolute Gasteiger partial charge is 0.306 e. The molecule has 0 unspecified atom stereocenters. The Bertz CT molecular complexity index is 1330. The first kappa shape index (κ1) is 22.0. The first-order chi connectivity index (χ1) is 16.0. The third kappa shape index (κ3) is 5.15. The fourth-order valence-electron chi connectivity index (χ4n) is 3.50. The second-order valence-electron chi connectivity index (χ2n) is 7.61. The number of esters is 1. The van der Waals surface area contributed by atoms with Crippen molar-refractivity contribution in [3.63, 3.8) is 0 Å². The maximum Gasteiger partial charge on any atom is 0.306 e. The number of Topliss-reactive ketones (excluding diaryl/α,β-unsaturated/α-hetero) is 1. The van der Waals surface area contributed by atoms with Crippen LogP contribution in [0.5, 0.6) is 0 Å². The molecule has 4 rings (SSSR count). The van der Waals surface area contributed by atoms with Crippen LogP contribution in [0.3, 0.4) is 0 Å². The molecule has 2 aromatic carbocycles. The van der Waals surface area contributed by atoms with Crippen molar-refractivity contribution in [1.29, 1.82) is 5.26 Å². The molecule has 4 aromatic rings. The van der Waals surface area contributed by atoms with Crippen LogP contribution in [0.15, 0.2) is 59.1 Å². The molecular formula is C25H22N4O4. The number of ketones is 1. The zero-order chi connectivity index (χ0) is 23.2. The Balaban J connectivity index is 1.33. The molecule has 0 atom stereocenters. The van der Waals surface area contributed by atoms with Crippen LogP contribution < -0.4 is 0 Å². The highest BCUT2D eigenvalue weighted by molar-refractivity contribution is 6.09. The minimum Gasteiger partial charge on any atom is -0.457 e. The van der Waals surface area contributed by atoms with Crippen molar-refractivity contribution in [2.24, 2.45) is 0 Å². The van der Waals surface area contributed by atoms with Crippen molar-refractivity contribution in [3.05, 3.63) is 71.7 Å². The van der Waals surface area contributed by atoms with Gasteiger partial charge in [0.15, 0.2) is 6.61 Å². The van der Waals surface area contributed by atoms with Gasteiger partial charge in [0.1, 0.15) is 0 Å². The molecule has 33 heavy (non-hydrogen) atoms. The van der Waals surface area contributed by atoms with E-state index in [1.54, 1.807) is 6.20 Å². The minimum absolute atomic E-state index is 0.0206. The number of para-hydroxylation sites is 1. The van der Waals surface area contributed by atoms with Crippen LogP contribution in [-0.4, -0.2) is 33.1 Å². The number of fused-ring (bicyclic) bond motifs is 1. The van der Waals surface area contributed by atoms with E-state index in [9.17, 15) is 9.59 Å². The van der Waals surface area contributed by atoms with Crippen LogP contribution >= 0.6 is 0 Å². The normalized spacial score (nSPS) is 10.8. The van der Waals surface area contributed by atoms with Crippen molar-refractivity contribution < 1.29 is 18.7 Å². The average molecular weight is 442 g/mol. The van der Waals surface area contributed by atoms with Crippen LogP contribution in [-0.2, 0) is 22.5 Å². The van der Waals surface area contributed by atoms with E-state index < -0.39 is 5.97 Å². The lowest BCUT2D eigenvalue weighted by Gasteiger charge is -2.03. The average Bonchev–Trinajstić information content (AvgIpc) is 3.45. The number of rotatable bonds is 9. The van der Waals surface area contributed by atoms with Crippen LogP contribution in [0.25, 0.3) is 22.4 Å². The van der Waals surface area contributed by atoms with Crippen LogP contribution in [0.4, 0.5) is 0 Å². The summed E-state index contributed by atoms with van der Waals surface area (Å²) in [5.41, 5.74) is 3.27. The number of aryl methyl sites for hydroxylation is 3. The quantitative estimate of drug-likeness (QED) is 0.281. The Morgan fingerprint density at radius 2 is 1.91 bits per heavy atom. The molecule has 0 amide bonds. The fourth-order valence-corrected chi connectivity index (χ4v) is 3.50. The summed E-state index contributed by atoms with van der Waals surface area (Å²) in [5.74, 6) is -0.0999. The second kappa shape index (κ2) is 9.92. The van der Waals surface area contributed by atoms with Crippen molar-refractivity contribution >= 4 is 22.7 Å². The summed E-state index contributed by atoms with van der Waals surface area (Å²) in [6.45, 7) is 2.12.